The fraction of sp³-hybridized carbons (Fsp3) is 0.500. The predicted molar refractivity (Wildman–Crippen MR) is 129 cm³/mol. The van der Waals surface area contributed by atoms with Crippen molar-refractivity contribution in [2.24, 2.45) is 0 Å². The first-order valence-electron chi connectivity index (χ1n) is 12.4. The molecule has 0 radical (unpaired) electrons. The first kappa shape index (κ1) is 23.2. The highest BCUT2D eigenvalue weighted by molar-refractivity contribution is 5.86. The Morgan fingerprint density at radius 1 is 1.06 bits per heavy atom. The highest BCUT2D eigenvalue weighted by Crippen LogP contribution is 2.35. The molecular formula is C26H30N6O3. The van der Waals surface area contributed by atoms with Gasteiger partial charge < -0.3 is 10.1 Å². The molecule has 1 amide bonds. The van der Waals surface area contributed by atoms with Crippen LogP contribution in [-0.4, -0.2) is 36.6 Å². The van der Waals surface area contributed by atoms with Crippen LogP contribution in [0, 0.1) is 11.3 Å². The monoisotopic (exact) mass is 474 g/mol. The molecule has 9 heteroatoms. The van der Waals surface area contributed by atoms with Crippen molar-refractivity contribution in [3.63, 3.8) is 0 Å². The Kier molecular flexibility index (Phi) is 6.39. The lowest BCUT2D eigenvalue weighted by Gasteiger charge is -2.40. The van der Waals surface area contributed by atoms with Crippen LogP contribution in [0.2, 0.25) is 0 Å². The number of nitrogens with one attached hydrogen (secondary N) is 2. The van der Waals surface area contributed by atoms with Crippen LogP contribution in [0.5, 0.6) is 0 Å². The van der Waals surface area contributed by atoms with Crippen LogP contribution in [0.3, 0.4) is 0 Å². The number of hydrogen-bond acceptors (Lipinski definition) is 6. The SMILES string of the molecule is N#CC1(NC(=O)C2(OCc3cc(=O)n4[nH]c(-c5ccccc5)nc4n3)CCCCC2)CCCCC1. The minimum atomic E-state index is -1.02. The molecule has 5 rings (SSSR count). The fourth-order valence-corrected chi connectivity index (χ4v) is 5.25. The summed E-state index contributed by atoms with van der Waals surface area (Å²) in [5, 5.41) is 15.9. The van der Waals surface area contributed by atoms with Crippen LogP contribution < -0.4 is 10.9 Å². The third-order valence-corrected chi connectivity index (χ3v) is 7.28. The van der Waals surface area contributed by atoms with E-state index in [0.717, 1.165) is 44.1 Å². The van der Waals surface area contributed by atoms with Crippen LogP contribution >= 0.6 is 0 Å². The first-order chi connectivity index (χ1) is 17.0. The molecule has 0 spiro atoms. The highest BCUT2D eigenvalue weighted by atomic mass is 16.5. The second-order valence-corrected chi connectivity index (χ2v) is 9.71. The van der Waals surface area contributed by atoms with E-state index >= 15 is 0 Å². The van der Waals surface area contributed by atoms with Crippen LogP contribution in [0.25, 0.3) is 17.2 Å². The zero-order chi connectivity index (χ0) is 24.3. The van der Waals surface area contributed by atoms with Gasteiger partial charge in [-0.2, -0.15) is 14.8 Å². The summed E-state index contributed by atoms with van der Waals surface area (Å²) in [6.45, 7) is 0.0201. The molecule has 2 aliphatic carbocycles. The van der Waals surface area contributed by atoms with E-state index in [-0.39, 0.29) is 23.9 Å². The minimum absolute atomic E-state index is 0.0201. The molecule has 0 saturated heterocycles. The molecule has 2 aromatic heterocycles. The molecule has 3 aromatic rings. The summed E-state index contributed by atoms with van der Waals surface area (Å²) in [6.07, 6.45) is 8.27. The summed E-state index contributed by atoms with van der Waals surface area (Å²) >= 11 is 0. The number of aromatic nitrogens is 4. The molecule has 2 aliphatic rings. The lowest BCUT2D eigenvalue weighted by molar-refractivity contribution is -0.156. The Balaban J connectivity index is 1.37. The largest absolute Gasteiger partial charge is 0.359 e. The maximum Gasteiger partial charge on any atom is 0.274 e. The van der Waals surface area contributed by atoms with Gasteiger partial charge in [-0.25, -0.2) is 4.98 Å². The molecule has 182 valence electrons. The fourth-order valence-electron chi connectivity index (χ4n) is 5.25. The number of amides is 1. The van der Waals surface area contributed by atoms with Crippen molar-refractivity contribution >= 4 is 11.7 Å². The number of benzene rings is 1. The van der Waals surface area contributed by atoms with Gasteiger partial charge in [-0.05, 0) is 25.7 Å². The lowest BCUT2D eigenvalue weighted by atomic mass is 9.79. The van der Waals surface area contributed by atoms with Crippen molar-refractivity contribution in [2.75, 3.05) is 0 Å². The third-order valence-electron chi connectivity index (χ3n) is 7.28. The number of carbonyl (C=O) groups excluding carboxylic acids is 1. The molecule has 2 fully saturated rings. The maximum absolute atomic E-state index is 13.5. The molecule has 0 aliphatic heterocycles. The molecule has 2 saturated carbocycles. The molecule has 35 heavy (non-hydrogen) atoms. The Hall–Kier alpha value is -3.51. The van der Waals surface area contributed by atoms with Crippen LogP contribution in [-0.2, 0) is 16.1 Å². The zero-order valence-corrected chi connectivity index (χ0v) is 19.8. The summed E-state index contributed by atoms with van der Waals surface area (Å²) in [7, 11) is 0. The summed E-state index contributed by atoms with van der Waals surface area (Å²) in [6, 6.07) is 13.3. The number of nitriles is 1. The van der Waals surface area contributed by atoms with Crippen molar-refractivity contribution in [3.8, 4) is 17.5 Å². The Morgan fingerprint density at radius 3 is 2.43 bits per heavy atom. The van der Waals surface area contributed by atoms with Gasteiger partial charge >= 0.3 is 0 Å². The van der Waals surface area contributed by atoms with E-state index in [4.69, 9.17) is 4.74 Å². The maximum atomic E-state index is 13.5. The standard InChI is InChI=1S/C26H30N6O3/c27-18-25(12-6-2-7-13-25)30-23(34)26(14-8-3-9-15-26)35-17-20-16-21(33)32-24(28-20)29-22(31-32)19-10-4-1-5-11-19/h1,4-5,10-11,16H,2-3,6-9,12-15,17H2,(H,30,34)(H,28,29,31). The highest BCUT2D eigenvalue weighted by Gasteiger charge is 2.45. The van der Waals surface area contributed by atoms with Crippen molar-refractivity contribution in [1.82, 2.24) is 24.9 Å². The van der Waals surface area contributed by atoms with Crippen LogP contribution in [0.4, 0.5) is 0 Å². The topological polar surface area (TPSA) is 125 Å². The normalized spacial score (nSPS) is 19.2. The molecule has 2 heterocycles. The number of nitrogens with zero attached hydrogens (tertiary/aromatic N) is 4. The van der Waals surface area contributed by atoms with Gasteiger partial charge in [0, 0.05) is 11.6 Å². The number of rotatable bonds is 6. The van der Waals surface area contributed by atoms with Gasteiger partial charge in [-0.15, -0.1) is 0 Å². The second kappa shape index (κ2) is 9.62. The number of fused-ring (bicyclic) bond motifs is 1. The summed E-state index contributed by atoms with van der Waals surface area (Å²) < 4.78 is 7.58. The van der Waals surface area contributed by atoms with Crippen molar-refractivity contribution in [2.45, 2.75) is 82.0 Å². The van der Waals surface area contributed by atoms with Gasteiger partial charge in [-0.1, -0.05) is 68.9 Å². The number of H-pyrrole nitrogens is 1. The van der Waals surface area contributed by atoms with Gasteiger partial charge in [0.25, 0.3) is 17.2 Å². The number of hydrogen-bond donors (Lipinski definition) is 2. The van der Waals surface area contributed by atoms with Crippen LogP contribution in [0.1, 0.15) is 69.9 Å². The van der Waals surface area contributed by atoms with E-state index in [1.807, 2.05) is 30.3 Å². The molecule has 0 atom stereocenters. The zero-order valence-electron chi connectivity index (χ0n) is 19.8. The van der Waals surface area contributed by atoms with E-state index < -0.39 is 11.1 Å². The second-order valence-electron chi connectivity index (χ2n) is 9.71. The Labute approximate surface area is 203 Å². The van der Waals surface area contributed by atoms with Gasteiger partial charge in [0.15, 0.2) is 5.82 Å². The molecule has 2 N–H and O–H groups in total. The molecule has 9 nitrogen and oxygen atoms in total. The number of carbonyl (C=O) groups is 1. The molecule has 0 unspecified atom stereocenters. The quantitative estimate of drug-likeness (QED) is 0.562. The third kappa shape index (κ3) is 4.71. The average molecular weight is 475 g/mol. The van der Waals surface area contributed by atoms with Gasteiger partial charge in [-0.3, -0.25) is 14.7 Å². The van der Waals surface area contributed by atoms with E-state index in [9.17, 15) is 14.9 Å². The van der Waals surface area contributed by atoms with Gasteiger partial charge in [0.1, 0.15) is 11.1 Å². The lowest BCUT2D eigenvalue weighted by Crippen LogP contribution is -2.58. The molecule has 1 aromatic carbocycles. The van der Waals surface area contributed by atoms with Crippen molar-refractivity contribution in [3.05, 3.63) is 52.4 Å². The average Bonchev–Trinajstić information content (AvgIpc) is 3.34. The first-order valence-corrected chi connectivity index (χ1v) is 12.4. The van der Waals surface area contributed by atoms with Crippen LogP contribution in [0.15, 0.2) is 41.2 Å². The smallest absolute Gasteiger partial charge is 0.274 e. The van der Waals surface area contributed by atoms with E-state index in [0.29, 0.717) is 37.2 Å². The van der Waals surface area contributed by atoms with Gasteiger partial charge in [0.2, 0.25) is 0 Å². The Bertz CT molecular complexity index is 1290. The van der Waals surface area contributed by atoms with E-state index in [1.165, 1.54) is 10.6 Å². The summed E-state index contributed by atoms with van der Waals surface area (Å²) in [5.41, 5.74) is -0.862. The van der Waals surface area contributed by atoms with Crippen molar-refractivity contribution < 1.29 is 9.53 Å². The Morgan fingerprint density at radius 2 is 1.74 bits per heavy atom. The van der Waals surface area contributed by atoms with Gasteiger partial charge in [0.05, 0.1) is 18.4 Å². The molecular weight excluding hydrogens is 444 g/mol. The molecule has 0 bridgehead atoms. The van der Waals surface area contributed by atoms with E-state index in [2.05, 4.69) is 26.5 Å². The summed E-state index contributed by atoms with van der Waals surface area (Å²) in [4.78, 5) is 35.2. The number of aromatic amines is 1. The van der Waals surface area contributed by atoms with E-state index in [1.54, 1.807) is 0 Å². The predicted octanol–water partition coefficient (Wildman–Crippen LogP) is 3.65. The number of ether oxygens (including phenoxy) is 1. The summed E-state index contributed by atoms with van der Waals surface area (Å²) in [5.74, 6) is 0.581. The van der Waals surface area contributed by atoms with Crippen molar-refractivity contribution in [1.29, 1.82) is 5.26 Å². The minimum Gasteiger partial charge on any atom is -0.359 e.